The number of amides is 1. The molecule has 1 aliphatic heterocycles. The number of pyridine rings is 1. The summed E-state index contributed by atoms with van der Waals surface area (Å²) in [4.78, 5) is 15.9. The highest BCUT2D eigenvalue weighted by molar-refractivity contribution is 5.97. The SMILES string of the molecule is CNC(c1cccnc1)c1ccc2c(c1)NC(=O)C(C)O2. The van der Waals surface area contributed by atoms with Crippen LogP contribution in [-0.4, -0.2) is 24.0 Å². The molecule has 5 nitrogen and oxygen atoms in total. The lowest BCUT2D eigenvalue weighted by atomic mass is 9.99. The maximum absolute atomic E-state index is 11.7. The monoisotopic (exact) mass is 283 g/mol. The van der Waals surface area contributed by atoms with E-state index in [0.717, 1.165) is 11.1 Å². The van der Waals surface area contributed by atoms with Crippen molar-refractivity contribution in [2.24, 2.45) is 0 Å². The predicted molar refractivity (Wildman–Crippen MR) is 80.3 cm³/mol. The van der Waals surface area contributed by atoms with Crippen molar-refractivity contribution in [3.63, 3.8) is 0 Å². The summed E-state index contributed by atoms with van der Waals surface area (Å²) in [5, 5.41) is 6.14. The van der Waals surface area contributed by atoms with Gasteiger partial charge in [-0.3, -0.25) is 9.78 Å². The Morgan fingerprint density at radius 2 is 2.19 bits per heavy atom. The average molecular weight is 283 g/mol. The van der Waals surface area contributed by atoms with E-state index < -0.39 is 6.10 Å². The lowest BCUT2D eigenvalue weighted by Gasteiger charge is -2.25. The third kappa shape index (κ3) is 2.60. The fraction of sp³-hybridized carbons (Fsp3) is 0.250. The summed E-state index contributed by atoms with van der Waals surface area (Å²) in [7, 11) is 1.90. The van der Waals surface area contributed by atoms with Gasteiger partial charge in [0, 0.05) is 12.4 Å². The second kappa shape index (κ2) is 5.54. The van der Waals surface area contributed by atoms with Gasteiger partial charge in [-0.1, -0.05) is 12.1 Å². The molecule has 2 atom stereocenters. The molecule has 0 saturated carbocycles. The van der Waals surface area contributed by atoms with E-state index in [2.05, 4.69) is 15.6 Å². The molecule has 0 bridgehead atoms. The zero-order valence-corrected chi connectivity index (χ0v) is 12.0. The summed E-state index contributed by atoms with van der Waals surface area (Å²) in [5.41, 5.74) is 2.82. The molecular formula is C16H17N3O2. The molecule has 2 aromatic rings. The van der Waals surface area contributed by atoms with Crippen molar-refractivity contribution in [1.29, 1.82) is 0 Å². The van der Waals surface area contributed by atoms with Gasteiger partial charge < -0.3 is 15.4 Å². The Bertz CT molecular complexity index is 658. The Labute approximate surface area is 123 Å². The average Bonchev–Trinajstić information content (AvgIpc) is 2.50. The van der Waals surface area contributed by atoms with Crippen molar-refractivity contribution in [2.75, 3.05) is 12.4 Å². The standard InChI is InChI=1S/C16H17N3O2/c1-10-16(20)19-13-8-11(5-6-14(13)21-10)15(17-2)12-4-3-7-18-9-12/h3-10,15,17H,1-2H3,(H,19,20). The largest absolute Gasteiger partial charge is 0.479 e. The number of hydrogen-bond donors (Lipinski definition) is 2. The number of carbonyl (C=O) groups is 1. The number of ether oxygens (including phenoxy) is 1. The topological polar surface area (TPSA) is 63.2 Å². The van der Waals surface area contributed by atoms with Crippen molar-refractivity contribution in [3.8, 4) is 5.75 Å². The molecule has 0 spiro atoms. The van der Waals surface area contributed by atoms with Crippen LogP contribution in [0.25, 0.3) is 0 Å². The van der Waals surface area contributed by atoms with Gasteiger partial charge in [-0.25, -0.2) is 0 Å². The van der Waals surface area contributed by atoms with Crippen LogP contribution in [-0.2, 0) is 4.79 Å². The molecule has 2 N–H and O–H groups in total. The first-order valence-corrected chi connectivity index (χ1v) is 6.87. The highest BCUT2D eigenvalue weighted by Gasteiger charge is 2.24. The minimum atomic E-state index is -0.457. The summed E-state index contributed by atoms with van der Waals surface area (Å²) < 4.78 is 5.57. The maximum Gasteiger partial charge on any atom is 0.265 e. The van der Waals surface area contributed by atoms with Crippen molar-refractivity contribution < 1.29 is 9.53 Å². The lowest BCUT2D eigenvalue weighted by molar-refractivity contribution is -0.122. The molecular weight excluding hydrogens is 266 g/mol. The van der Waals surface area contributed by atoms with Crippen LogP contribution < -0.4 is 15.4 Å². The molecule has 2 unspecified atom stereocenters. The van der Waals surface area contributed by atoms with Crippen LogP contribution in [0.5, 0.6) is 5.75 Å². The molecule has 0 aliphatic carbocycles. The van der Waals surface area contributed by atoms with E-state index >= 15 is 0 Å². The number of benzene rings is 1. The van der Waals surface area contributed by atoms with Crippen LogP contribution >= 0.6 is 0 Å². The van der Waals surface area contributed by atoms with E-state index in [4.69, 9.17) is 4.74 Å². The minimum absolute atomic E-state index is 0.0141. The number of nitrogens with one attached hydrogen (secondary N) is 2. The Morgan fingerprint density at radius 1 is 1.33 bits per heavy atom. The third-order valence-corrected chi connectivity index (χ3v) is 3.57. The van der Waals surface area contributed by atoms with E-state index in [9.17, 15) is 4.79 Å². The molecule has 0 saturated heterocycles. The van der Waals surface area contributed by atoms with E-state index in [-0.39, 0.29) is 11.9 Å². The molecule has 3 rings (SSSR count). The summed E-state index contributed by atoms with van der Waals surface area (Å²) in [6, 6.07) is 9.77. The zero-order chi connectivity index (χ0) is 14.8. The lowest BCUT2D eigenvalue weighted by Crippen LogP contribution is -2.34. The van der Waals surface area contributed by atoms with Gasteiger partial charge in [-0.2, -0.15) is 0 Å². The molecule has 1 amide bonds. The molecule has 0 radical (unpaired) electrons. The summed E-state index contributed by atoms with van der Waals surface area (Å²) in [6.07, 6.45) is 3.12. The number of fused-ring (bicyclic) bond motifs is 1. The van der Waals surface area contributed by atoms with Crippen LogP contribution in [0, 0.1) is 0 Å². The van der Waals surface area contributed by atoms with Gasteiger partial charge in [0.15, 0.2) is 6.10 Å². The summed E-state index contributed by atoms with van der Waals surface area (Å²) in [6.45, 7) is 1.73. The van der Waals surface area contributed by atoms with Gasteiger partial charge in [-0.15, -0.1) is 0 Å². The Hall–Kier alpha value is -2.40. The second-order valence-corrected chi connectivity index (χ2v) is 5.01. The van der Waals surface area contributed by atoms with Crippen LogP contribution in [0.2, 0.25) is 0 Å². The predicted octanol–water partition coefficient (Wildman–Crippen LogP) is 2.11. The number of nitrogens with zero attached hydrogens (tertiary/aromatic N) is 1. The fourth-order valence-corrected chi connectivity index (χ4v) is 2.48. The van der Waals surface area contributed by atoms with Crippen molar-refractivity contribution >= 4 is 11.6 Å². The molecule has 1 aromatic carbocycles. The highest BCUT2D eigenvalue weighted by Crippen LogP contribution is 2.33. The van der Waals surface area contributed by atoms with Crippen molar-refractivity contribution in [1.82, 2.24) is 10.3 Å². The van der Waals surface area contributed by atoms with Crippen LogP contribution in [0.1, 0.15) is 24.1 Å². The molecule has 0 fully saturated rings. The van der Waals surface area contributed by atoms with Gasteiger partial charge >= 0.3 is 0 Å². The van der Waals surface area contributed by atoms with Gasteiger partial charge in [0.05, 0.1) is 11.7 Å². The number of hydrogen-bond acceptors (Lipinski definition) is 4. The first-order valence-electron chi connectivity index (χ1n) is 6.87. The number of anilines is 1. The molecule has 1 aliphatic rings. The van der Waals surface area contributed by atoms with Crippen molar-refractivity contribution in [3.05, 3.63) is 53.9 Å². The zero-order valence-electron chi connectivity index (χ0n) is 12.0. The van der Waals surface area contributed by atoms with Gasteiger partial charge in [-0.05, 0) is 43.3 Å². The van der Waals surface area contributed by atoms with E-state index in [1.54, 1.807) is 13.1 Å². The fourth-order valence-electron chi connectivity index (χ4n) is 2.48. The first kappa shape index (κ1) is 13.6. The molecule has 2 heterocycles. The number of rotatable bonds is 3. The Kier molecular flexibility index (Phi) is 3.58. The summed E-state index contributed by atoms with van der Waals surface area (Å²) >= 11 is 0. The second-order valence-electron chi connectivity index (χ2n) is 5.01. The number of aromatic nitrogens is 1. The molecule has 5 heteroatoms. The Balaban J connectivity index is 1.96. The van der Waals surface area contributed by atoms with Gasteiger partial charge in [0.25, 0.3) is 5.91 Å². The first-order chi connectivity index (χ1) is 10.2. The van der Waals surface area contributed by atoms with Crippen molar-refractivity contribution in [2.45, 2.75) is 19.1 Å². The minimum Gasteiger partial charge on any atom is -0.479 e. The van der Waals surface area contributed by atoms with Gasteiger partial charge in [0.2, 0.25) is 0 Å². The molecule has 108 valence electrons. The maximum atomic E-state index is 11.7. The summed E-state index contributed by atoms with van der Waals surface area (Å²) in [5.74, 6) is 0.578. The van der Waals surface area contributed by atoms with Crippen LogP contribution in [0.15, 0.2) is 42.7 Å². The van der Waals surface area contributed by atoms with E-state index in [0.29, 0.717) is 11.4 Å². The number of carbonyl (C=O) groups excluding carboxylic acids is 1. The highest BCUT2D eigenvalue weighted by atomic mass is 16.5. The van der Waals surface area contributed by atoms with Crippen LogP contribution in [0.3, 0.4) is 0 Å². The quantitative estimate of drug-likeness (QED) is 0.905. The smallest absolute Gasteiger partial charge is 0.265 e. The normalized spacial score (nSPS) is 18.4. The molecule has 1 aromatic heterocycles. The van der Waals surface area contributed by atoms with Gasteiger partial charge in [0.1, 0.15) is 5.75 Å². The molecule has 21 heavy (non-hydrogen) atoms. The Morgan fingerprint density at radius 3 is 2.90 bits per heavy atom. The van der Waals surface area contributed by atoms with E-state index in [1.165, 1.54) is 0 Å². The van der Waals surface area contributed by atoms with E-state index in [1.807, 2.05) is 43.6 Å². The third-order valence-electron chi connectivity index (χ3n) is 3.57. The van der Waals surface area contributed by atoms with Crippen LogP contribution in [0.4, 0.5) is 5.69 Å².